The number of fused-ring (bicyclic) bond motifs is 1. The summed E-state index contributed by atoms with van der Waals surface area (Å²) in [4.78, 5) is 13.5. The largest absolute Gasteiger partial charge is 0.388 e. The first-order valence-electron chi connectivity index (χ1n) is 6.48. The molecule has 5 nitrogen and oxygen atoms in total. The summed E-state index contributed by atoms with van der Waals surface area (Å²) < 4.78 is 0. The molecule has 3 N–H and O–H groups in total. The third-order valence-corrected chi connectivity index (χ3v) is 4.19. The zero-order valence-corrected chi connectivity index (χ0v) is 10.4. The Bertz CT molecular complexity index is 478. The van der Waals surface area contributed by atoms with Gasteiger partial charge in [0, 0.05) is 18.9 Å². The molecule has 5 heteroatoms. The van der Waals surface area contributed by atoms with Crippen molar-refractivity contribution in [3.63, 3.8) is 0 Å². The van der Waals surface area contributed by atoms with E-state index < -0.39 is 24.4 Å². The van der Waals surface area contributed by atoms with Gasteiger partial charge in [0.1, 0.15) is 18.3 Å². The second kappa shape index (κ2) is 4.59. The number of piperidine rings is 1. The Balaban J connectivity index is 1.94. The van der Waals surface area contributed by atoms with Crippen molar-refractivity contribution in [1.29, 1.82) is 0 Å². The molecule has 0 saturated carbocycles. The van der Waals surface area contributed by atoms with Gasteiger partial charge in [-0.3, -0.25) is 4.79 Å². The lowest BCUT2D eigenvalue weighted by molar-refractivity contribution is -0.152. The fraction of sp³-hybridized carbons (Fsp3) is 0.500. The molecule has 0 aliphatic carbocycles. The minimum absolute atomic E-state index is 0.0798. The summed E-state index contributed by atoms with van der Waals surface area (Å²) in [5.41, 5.74) is 0.978. The van der Waals surface area contributed by atoms with E-state index in [2.05, 4.69) is 0 Å². The summed E-state index contributed by atoms with van der Waals surface area (Å²) in [6.45, 7) is 0.0884. The van der Waals surface area contributed by atoms with E-state index in [1.807, 2.05) is 30.3 Å². The van der Waals surface area contributed by atoms with E-state index in [-0.39, 0.29) is 18.4 Å². The van der Waals surface area contributed by atoms with Gasteiger partial charge in [-0.25, -0.2) is 0 Å². The van der Waals surface area contributed by atoms with Crippen LogP contribution in [-0.2, 0) is 4.79 Å². The first-order chi connectivity index (χ1) is 9.09. The van der Waals surface area contributed by atoms with Crippen LogP contribution in [0, 0.1) is 0 Å². The monoisotopic (exact) mass is 263 g/mol. The molecule has 2 heterocycles. The number of carbonyl (C=O) groups is 1. The van der Waals surface area contributed by atoms with E-state index in [1.165, 1.54) is 4.90 Å². The molecule has 3 rings (SSSR count). The molecule has 0 aromatic heterocycles. The summed E-state index contributed by atoms with van der Waals surface area (Å²) in [5, 5.41) is 29.6. The van der Waals surface area contributed by atoms with Crippen LogP contribution in [0.15, 0.2) is 30.3 Å². The number of rotatable bonds is 1. The fourth-order valence-electron chi connectivity index (χ4n) is 3.21. The van der Waals surface area contributed by atoms with Gasteiger partial charge in [-0.05, 0) is 5.56 Å². The molecule has 102 valence electrons. The van der Waals surface area contributed by atoms with E-state index in [0.717, 1.165) is 5.56 Å². The lowest BCUT2D eigenvalue weighted by atomic mass is 9.84. The lowest BCUT2D eigenvalue weighted by Gasteiger charge is -2.42. The number of nitrogens with zero attached hydrogens (tertiary/aromatic N) is 1. The third kappa shape index (κ3) is 1.94. The zero-order chi connectivity index (χ0) is 13.6. The van der Waals surface area contributed by atoms with Crippen LogP contribution in [0.1, 0.15) is 17.9 Å². The predicted octanol–water partition coefficient (Wildman–Crippen LogP) is -0.533. The Labute approximate surface area is 111 Å². The molecule has 1 aromatic carbocycles. The minimum Gasteiger partial charge on any atom is -0.388 e. The van der Waals surface area contributed by atoms with Crippen LogP contribution in [-0.4, -0.2) is 57.0 Å². The standard InChI is InChI=1S/C14H17NO4/c16-10-7-15-11(17)6-9(8-4-2-1-3-5-8)12(15)14(19)13(10)18/h1-5,9-10,12-14,16,18-19H,6-7H2/t9-,10+,12+,13+,14+/m0/s1. The van der Waals surface area contributed by atoms with Crippen molar-refractivity contribution < 1.29 is 20.1 Å². The molecular weight excluding hydrogens is 246 g/mol. The first-order valence-corrected chi connectivity index (χ1v) is 6.48. The topological polar surface area (TPSA) is 81.0 Å². The molecule has 2 aliphatic rings. The maximum Gasteiger partial charge on any atom is 0.223 e. The first kappa shape index (κ1) is 12.6. The van der Waals surface area contributed by atoms with Gasteiger partial charge < -0.3 is 20.2 Å². The van der Waals surface area contributed by atoms with E-state index in [0.29, 0.717) is 6.42 Å². The SMILES string of the molecule is O=C1C[C@@H](c2ccccc2)[C@@H]2[C@@H](O)[C@H](O)[C@H](O)CN12. The molecule has 2 aliphatic heterocycles. The molecule has 0 bridgehead atoms. The molecule has 2 fully saturated rings. The van der Waals surface area contributed by atoms with Gasteiger partial charge in [-0.2, -0.15) is 0 Å². The van der Waals surface area contributed by atoms with Gasteiger partial charge in [0.15, 0.2) is 0 Å². The van der Waals surface area contributed by atoms with Crippen LogP contribution in [0.2, 0.25) is 0 Å². The van der Waals surface area contributed by atoms with Crippen molar-refractivity contribution in [2.24, 2.45) is 0 Å². The van der Waals surface area contributed by atoms with Crippen LogP contribution in [0.3, 0.4) is 0 Å². The molecule has 0 radical (unpaired) electrons. The van der Waals surface area contributed by atoms with Crippen LogP contribution in [0.5, 0.6) is 0 Å². The maximum atomic E-state index is 12.0. The smallest absolute Gasteiger partial charge is 0.223 e. The summed E-state index contributed by atoms with van der Waals surface area (Å²) in [7, 11) is 0. The van der Waals surface area contributed by atoms with Gasteiger partial charge in [-0.15, -0.1) is 0 Å². The van der Waals surface area contributed by atoms with Crippen molar-refractivity contribution in [2.45, 2.75) is 36.7 Å². The van der Waals surface area contributed by atoms with Crippen LogP contribution in [0.4, 0.5) is 0 Å². The molecule has 1 amide bonds. The molecule has 0 spiro atoms. The van der Waals surface area contributed by atoms with Crippen molar-refractivity contribution in [3.8, 4) is 0 Å². The molecule has 19 heavy (non-hydrogen) atoms. The number of hydrogen-bond donors (Lipinski definition) is 3. The average molecular weight is 263 g/mol. The van der Waals surface area contributed by atoms with Gasteiger partial charge in [0.2, 0.25) is 5.91 Å². The second-order valence-corrected chi connectivity index (χ2v) is 5.31. The Morgan fingerprint density at radius 1 is 1.05 bits per heavy atom. The quantitative estimate of drug-likeness (QED) is 0.636. The van der Waals surface area contributed by atoms with Crippen molar-refractivity contribution >= 4 is 5.91 Å². The van der Waals surface area contributed by atoms with Crippen LogP contribution >= 0.6 is 0 Å². The Hall–Kier alpha value is -1.43. The lowest BCUT2D eigenvalue weighted by Crippen LogP contribution is -2.60. The van der Waals surface area contributed by atoms with Gasteiger partial charge in [0.05, 0.1) is 6.04 Å². The van der Waals surface area contributed by atoms with E-state index in [9.17, 15) is 20.1 Å². The van der Waals surface area contributed by atoms with Crippen molar-refractivity contribution in [2.75, 3.05) is 6.54 Å². The summed E-state index contributed by atoms with van der Waals surface area (Å²) in [6.07, 6.45) is -3.07. The highest BCUT2D eigenvalue weighted by molar-refractivity contribution is 5.81. The number of carbonyl (C=O) groups excluding carboxylic acids is 1. The minimum atomic E-state index is -1.20. The van der Waals surface area contributed by atoms with Gasteiger partial charge in [-0.1, -0.05) is 30.3 Å². The number of aliphatic hydroxyl groups is 3. The zero-order valence-electron chi connectivity index (χ0n) is 10.4. The van der Waals surface area contributed by atoms with Gasteiger partial charge >= 0.3 is 0 Å². The van der Waals surface area contributed by atoms with Crippen molar-refractivity contribution in [3.05, 3.63) is 35.9 Å². The Kier molecular flexibility index (Phi) is 3.05. The molecule has 1 aromatic rings. The van der Waals surface area contributed by atoms with Crippen LogP contribution < -0.4 is 0 Å². The normalized spacial score (nSPS) is 38.4. The molecule has 0 unspecified atom stereocenters. The highest BCUT2D eigenvalue weighted by Gasteiger charge is 2.51. The third-order valence-electron chi connectivity index (χ3n) is 4.19. The Morgan fingerprint density at radius 2 is 1.74 bits per heavy atom. The number of amides is 1. The predicted molar refractivity (Wildman–Crippen MR) is 67.3 cm³/mol. The summed E-state index contributed by atoms with van der Waals surface area (Å²) >= 11 is 0. The highest BCUT2D eigenvalue weighted by Crippen LogP contribution is 2.39. The molecule has 5 atom stereocenters. The summed E-state index contributed by atoms with van der Waals surface area (Å²) in [5.74, 6) is -0.213. The van der Waals surface area contributed by atoms with E-state index in [1.54, 1.807) is 0 Å². The average Bonchev–Trinajstić information content (AvgIpc) is 2.75. The highest BCUT2D eigenvalue weighted by atomic mass is 16.4. The van der Waals surface area contributed by atoms with Crippen molar-refractivity contribution in [1.82, 2.24) is 4.90 Å². The van der Waals surface area contributed by atoms with Gasteiger partial charge in [0.25, 0.3) is 0 Å². The van der Waals surface area contributed by atoms with E-state index in [4.69, 9.17) is 0 Å². The van der Waals surface area contributed by atoms with E-state index >= 15 is 0 Å². The summed E-state index contributed by atoms with van der Waals surface area (Å²) in [6, 6.07) is 9.07. The maximum absolute atomic E-state index is 12.0. The molecule has 2 saturated heterocycles. The number of benzene rings is 1. The van der Waals surface area contributed by atoms with Crippen LogP contribution in [0.25, 0.3) is 0 Å². The molecular formula is C14H17NO4. The second-order valence-electron chi connectivity index (χ2n) is 5.31. The number of aliphatic hydroxyl groups excluding tert-OH is 3. The fourth-order valence-corrected chi connectivity index (χ4v) is 3.21. The Morgan fingerprint density at radius 3 is 2.42 bits per heavy atom. The number of hydrogen-bond acceptors (Lipinski definition) is 4.